The number of hydrogen-bond acceptors (Lipinski definition) is 3. The maximum Gasteiger partial charge on any atom is 0.0331 e. The topological polar surface area (TPSA) is 29.3 Å². The van der Waals surface area contributed by atoms with Crippen LogP contribution in [0.15, 0.2) is 41.8 Å². The zero-order valence-electron chi connectivity index (χ0n) is 12.0. The van der Waals surface area contributed by atoms with Crippen molar-refractivity contribution >= 4 is 11.3 Å². The fraction of sp³-hybridized carbons (Fsp3) is 0.412. The Morgan fingerprint density at radius 2 is 2.10 bits per heavy atom. The standard InChI is InChI=1S/C17H22N2S/c1-13-15-9-12-20-17(15)8-11-19(13)10-7-16(18)14-5-3-2-4-6-14/h2-6,9,12-13,16H,7-8,10-11,18H2,1H3. The van der Waals surface area contributed by atoms with Crippen LogP contribution in [0.4, 0.5) is 0 Å². The molecule has 0 saturated heterocycles. The van der Waals surface area contributed by atoms with Gasteiger partial charge in [0.2, 0.25) is 0 Å². The maximum absolute atomic E-state index is 6.31. The molecule has 106 valence electrons. The van der Waals surface area contributed by atoms with Crippen molar-refractivity contribution in [3.63, 3.8) is 0 Å². The highest BCUT2D eigenvalue weighted by molar-refractivity contribution is 7.10. The van der Waals surface area contributed by atoms with Gasteiger partial charge in [-0.25, -0.2) is 0 Å². The van der Waals surface area contributed by atoms with Crippen LogP contribution < -0.4 is 5.73 Å². The van der Waals surface area contributed by atoms with Crippen molar-refractivity contribution in [3.8, 4) is 0 Å². The summed E-state index contributed by atoms with van der Waals surface area (Å²) in [6.07, 6.45) is 2.21. The second-order valence-corrected chi connectivity index (χ2v) is 6.57. The second-order valence-electron chi connectivity index (χ2n) is 5.57. The first-order valence-corrected chi connectivity index (χ1v) is 8.24. The largest absolute Gasteiger partial charge is 0.324 e. The summed E-state index contributed by atoms with van der Waals surface area (Å²) in [5.74, 6) is 0. The number of rotatable bonds is 4. The van der Waals surface area contributed by atoms with E-state index in [1.54, 1.807) is 4.88 Å². The fourth-order valence-corrected chi connectivity index (χ4v) is 4.00. The molecule has 1 aromatic carbocycles. The fourth-order valence-electron chi connectivity index (χ4n) is 3.04. The third kappa shape index (κ3) is 2.80. The van der Waals surface area contributed by atoms with E-state index >= 15 is 0 Å². The summed E-state index contributed by atoms with van der Waals surface area (Å²) in [5.41, 5.74) is 9.07. The molecule has 0 amide bonds. The molecule has 2 nitrogen and oxygen atoms in total. The molecule has 0 spiro atoms. The average Bonchev–Trinajstić information content (AvgIpc) is 2.96. The first-order valence-electron chi connectivity index (χ1n) is 7.36. The van der Waals surface area contributed by atoms with E-state index in [1.165, 1.54) is 17.5 Å². The molecule has 1 aliphatic rings. The van der Waals surface area contributed by atoms with Crippen molar-refractivity contribution in [2.75, 3.05) is 13.1 Å². The van der Waals surface area contributed by atoms with Gasteiger partial charge in [-0.05, 0) is 42.3 Å². The van der Waals surface area contributed by atoms with Gasteiger partial charge in [-0.1, -0.05) is 30.3 Å². The molecule has 2 unspecified atom stereocenters. The van der Waals surface area contributed by atoms with Crippen molar-refractivity contribution in [1.29, 1.82) is 0 Å². The molecule has 3 rings (SSSR count). The van der Waals surface area contributed by atoms with Gasteiger partial charge in [0, 0.05) is 30.1 Å². The first-order chi connectivity index (χ1) is 9.75. The van der Waals surface area contributed by atoms with Crippen LogP contribution in [0.5, 0.6) is 0 Å². The zero-order valence-corrected chi connectivity index (χ0v) is 12.8. The summed E-state index contributed by atoms with van der Waals surface area (Å²) in [5, 5.41) is 2.22. The van der Waals surface area contributed by atoms with E-state index in [1.807, 2.05) is 17.4 Å². The lowest BCUT2D eigenvalue weighted by Crippen LogP contribution is -2.35. The van der Waals surface area contributed by atoms with Crippen molar-refractivity contribution < 1.29 is 0 Å². The van der Waals surface area contributed by atoms with Gasteiger partial charge >= 0.3 is 0 Å². The van der Waals surface area contributed by atoms with E-state index in [-0.39, 0.29) is 6.04 Å². The van der Waals surface area contributed by atoms with Crippen LogP contribution in [0.3, 0.4) is 0 Å². The van der Waals surface area contributed by atoms with Gasteiger partial charge in [0.1, 0.15) is 0 Å². The number of benzene rings is 1. The van der Waals surface area contributed by atoms with Gasteiger partial charge in [0.25, 0.3) is 0 Å². The van der Waals surface area contributed by atoms with E-state index in [0.717, 1.165) is 19.5 Å². The van der Waals surface area contributed by atoms with Crippen LogP contribution in [0, 0.1) is 0 Å². The Balaban J connectivity index is 1.60. The number of hydrogen-bond donors (Lipinski definition) is 1. The van der Waals surface area contributed by atoms with Gasteiger partial charge in [0.05, 0.1) is 0 Å². The Labute approximate surface area is 125 Å². The minimum Gasteiger partial charge on any atom is -0.324 e. The molecule has 2 aromatic rings. The highest BCUT2D eigenvalue weighted by atomic mass is 32.1. The van der Waals surface area contributed by atoms with Crippen LogP contribution in [0.25, 0.3) is 0 Å². The molecule has 2 atom stereocenters. The van der Waals surface area contributed by atoms with Gasteiger partial charge < -0.3 is 5.73 Å². The molecule has 1 aromatic heterocycles. The van der Waals surface area contributed by atoms with Crippen LogP contribution in [-0.4, -0.2) is 18.0 Å². The summed E-state index contributed by atoms with van der Waals surface area (Å²) in [7, 11) is 0. The van der Waals surface area contributed by atoms with Gasteiger partial charge in [-0.3, -0.25) is 4.90 Å². The van der Waals surface area contributed by atoms with Crippen molar-refractivity contribution in [1.82, 2.24) is 4.90 Å². The van der Waals surface area contributed by atoms with E-state index < -0.39 is 0 Å². The molecule has 0 bridgehead atoms. The Bertz CT molecular complexity index is 549. The molecule has 2 N–H and O–H groups in total. The molecule has 0 saturated carbocycles. The number of nitrogens with zero attached hydrogens (tertiary/aromatic N) is 1. The van der Waals surface area contributed by atoms with Gasteiger partial charge in [0.15, 0.2) is 0 Å². The van der Waals surface area contributed by atoms with Crippen LogP contribution in [0.2, 0.25) is 0 Å². The van der Waals surface area contributed by atoms with E-state index in [0.29, 0.717) is 6.04 Å². The third-order valence-corrected chi connectivity index (χ3v) is 5.36. The molecule has 0 aliphatic carbocycles. The third-order valence-electron chi connectivity index (χ3n) is 4.36. The van der Waals surface area contributed by atoms with Crippen molar-refractivity contribution in [2.24, 2.45) is 5.73 Å². The quantitative estimate of drug-likeness (QED) is 0.927. The Kier molecular flexibility index (Phi) is 4.20. The SMILES string of the molecule is CC1c2ccsc2CCN1CCC(N)c1ccccc1. The normalized spacial score (nSPS) is 20.6. The monoisotopic (exact) mass is 286 g/mol. The average molecular weight is 286 g/mol. The van der Waals surface area contributed by atoms with E-state index in [4.69, 9.17) is 5.73 Å². The lowest BCUT2D eigenvalue weighted by atomic mass is 9.99. The summed E-state index contributed by atoms with van der Waals surface area (Å²) >= 11 is 1.90. The lowest BCUT2D eigenvalue weighted by Gasteiger charge is -2.34. The molecule has 2 heterocycles. The number of fused-ring (bicyclic) bond motifs is 1. The van der Waals surface area contributed by atoms with Gasteiger partial charge in [-0.15, -0.1) is 11.3 Å². The van der Waals surface area contributed by atoms with Crippen molar-refractivity contribution in [2.45, 2.75) is 31.8 Å². The molecular weight excluding hydrogens is 264 g/mol. The molecule has 0 fully saturated rings. The first kappa shape index (κ1) is 13.8. The summed E-state index contributed by atoms with van der Waals surface area (Å²) in [6.45, 7) is 4.56. The Hall–Kier alpha value is -1.16. The highest BCUT2D eigenvalue weighted by Crippen LogP contribution is 2.33. The minimum absolute atomic E-state index is 0.146. The molecule has 20 heavy (non-hydrogen) atoms. The van der Waals surface area contributed by atoms with Crippen molar-refractivity contribution in [3.05, 3.63) is 57.8 Å². The molecule has 1 aliphatic heterocycles. The Morgan fingerprint density at radius 3 is 2.90 bits per heavy atom. The molecular formula is C17H22N2S. The van der Waals surface area contributed by atoms with Crippen LogP contribution >= 0.6 is 11.3 Å². The summed E-state index contributed by atoms with van der Waals surface area (Å²) < 4.78 is 0. The zero-order chi connectivity index (χ0) is 13.9. The smallest absolute Gasteiger partial charge is 0.0331 e. The predicted molar refractivity (Wildman–Crippen MR) is 86.0 cm³/mol. The highest BCUT2D eigenvalue weighted by Gasteiger charge is 2.24. The second kappa shape index (κ2) is 6.08. The molecule has 0 radical (unpaired) electrons. The summed E-state index contributed by atoms with van der Waals surface area (Å²) in [6, 6.07) is 13.4. The predicted octanol–water partition coefficient (Wildman–Crippen LogP) is 3.76. The molecule has 3 heteroatoms. The lowest BCUT2D eigenvalue weighted by molar-refractivity contribution is 0.193. The van der Waals surface area contributed by atoms with Crippen LogP contribution in [-0.2, 0) is 6.42 Å². The minimum atomic E-state index is 0.146. The maximum atomic E-state index is 6.31. The van der Waals surface area contributed by atoms with E-state index in [2.05, 4.69) is 47.5 Å². The Morgan fingerprint density at radius 1 is 1.30 bits per heavy atom. The van der Waals surface area contributed by atoms with Crippen LogP contribution in [0.1, 0.15) is 41.4 Å². The van der Waals surface area contributed by atoms with E-state index in [9.17, 15) is 0 Å². The van der Waals surface area contributed by atoms with Gasteiger partial charge in [-0.2, -0.15) is 0 Å². The number of nitrogens with two attached hydrogens (primary N) is 1. The number of thiophene rings is 1. The summed E-state index contributed by atoms with van der Waals surface area (Å²) in [4.78, 5) is 4.14.